The van der Waals surface area contributed by atoms with Gasteiger partial charge < -0.3 is 9.85 Å². The van der Waals surface area contributed by atoms with E-state index < -0.39 is 11.1 Å². The van der Waals surface area contributed by atoms with Gasteiger partial charge in [-0.05, 0) is 12.1 Å². The summed E-state index contributed by atoms with van der Waals surface area (Å²) >= 11 is 0. The van der Waals surface area contributed by atoms with E-state index in [-0.39, 0.29) is 11.4 Å². The molecular formula is C7H5NO5. The number of nitro groups is 1. The molecule has 0 saturated carbocycles. The molecule has 1 rings (SSSR count). The smallest absolute Gasteiger partial charge is 0.449 e. The summed E-state index contributed by atoms with van der Waals surface area (Å²) in [5, 5.41) is 13.7. The van der Waals surface area contributed by atoms with E-state index in [1.807, 2.05) is 0 Å². The molecule has 0 heterocycles. The van der Waals surface area contributed by atoms with Crippen molar-refractivity contribution in [2.45, 2.75) is 0 Å². The molecule has 0 aliphatic rings. The van der Waals surface area contributed by atoms with Crippen LogP contribution in [-0.2, 0) is 0 Å². The summed E-state index contributed by atoms with van der Waals surface area (Å²) < 4.78 is 10.6. The van der Waals surface area contributed by atoms with E-state index in [1.54, 1.807) is 0 Å². The van der Waals surface area contributed by atoms with Gasteiger partial charge in [0.15, 0.2) is 0 Å². The molecule has 0 atom stereocenters. The van der Waals surface area contributed by atoms with Crippen molar-refractivity contribution in [1.82, 2.24) is 0 Å². The first-order valence-electron chi connectivity index (χ1n) is 3.63. The third-order valence-corrected chi connectivity index (χ3v) is 1.25. The number of benzene rings is 1. The Hall–Kier alpha value is -2.11. The molecule has 0 aliphatic carbocycles. The van der Waals surface area contributed by atoms with Crippen LogP contribution in [0.1, 0.15) is 0 Å². The second-order valence-corrected chi connectivity index (χ2v) is 2.10. The van der Waals surface area contributed by atoms with Crippen LogP contribution in [0.5, 0.6) is 5.75 Å². The fourth-order valence-electron chi connectivity index (χ4n) is 0.732. The number of nitrogens with zero attached hydrogens (tertiary/aromatic N) is 1. The minimum absolute atomic E-state index is 0.0767. The summed E-state index contributed by atoms with van der Waals surface area (Å²) in [4.78, 5) is 20.1. The molecule has 68 valence electrons. The van der Waals surface area contributed by atoms with Crippen molar-refractivity contribution in [3.05, 3.63) is 34.4 Å². The van der Waals surface area contributed by atoms with E-state index in [4.69, 9.17) is 1.43 Å². The highest BCUT2D eigenvalue weighted by Gasteiger charge is 2.05. The molecule has 6 heteroatoms. The zero-order valence-electron chi connectivity index (χ0n) is 7.30. The minimum atomic E-state index is -1.20. The zero-order valence-corrected chi connectivity index (χ0v) is 6.30. The number of non-ortho nitro benzene ring substituents is 1. The third kappa shape index (κ3) is 2.44. The maximum atomic E-state index is 10.4. The van der Waals surface area contributed by atoms with Crippen molar-refractivity contribution >= 4 is 11.8 Å². The van der Waals surface area contributed by atoms with Gasteiger partial charge in [0.25, 0.3) is 5.69 Å². The average Bonchev–Trinajstić information content (AvgIpc) is 2.18. The molecule has 0 spiro atoms. The number of hydrogen-bond acceptors (Lipinski definition) is 5. The van der Waals surface area contributed by atoms with Crippen LogP contribution in [0, 0.1) is 10.1 Å². The molecule has 13 heavy (non-hydrogen) atoms. The van der Waals surface area contributed by atoms with E-state index >= 15 is 0 Å². The molecule has 0 bridgehead atoms. The van der Waals surface area contributed by atoms with Crippen LogP contribution >= 0.6 is 0 Å². The Kier molecular flexibility index (Phi) is 2.04. The Balaban J connectivity index is 2.73. The highest BCUT2D eigenvalue weighted by atomic mass is 16.7. The van der Waals surface area contributed by atoms with Crippen molar-refractivity contribution in [3.8, 4) is 5.75 Å². The number of hydrogen-bond donors (Lipinski definition) is 1. The molecule has 0 aromatic heterocycles. The summed E-state index contributed by atoms with van der Waals surface area (Å²) in [6, 6.07) is 4.81. The van der Waals surface area contributed by atoms with Gasteiger partial charge in [0.05, 0.1) is 4.92 Å². The summed E-state index contributed by atoms with van der Waals surface area (Å²) in [5.41, 5.74) is -0.114. The Morgan fingerprint density at radius 1 is 1.54 bits per heavy atom. The number of rotatable bonds is 2. The molecule has 0 aliphatic heterocycles. The van der Waals surface area contributed by atoms with Crippen LogP contribution in [0.15, 0.2) is 24.3 Å². The standard InChI is InChI=1S/C7H5NO5/c9-7(10)13-6-3-1-5(2-4-6)8(11)12/h1-4H,(H,9,10)/i/hD. The van der Waals surface area contributed by atoms with Crippen LogP contribution in [0.4, 0.5) is 10.5 Å². The summed E-state index contributed by atoms with van der Waals surface area (Å²) in [6.45, 7) is 0. The topological polar surface area (TPSA) is 89.7 Å². The molecule has 0 unspecified atom stereocenters. The van der Waals surface area contributed by atoms with Crippen LogP contribution in [-0.4, -0.2) is 16.2 Å². The SMILES string of the molecule is [2H]OC(=O)Oc1ccc([N+](=O)[O-])cc1. The third-order valence-electron chi connectivity index (χ3n) is 1.25. The Bertz CT molecular complexity index is 350. The maximum absolute atomic E-state index is 10.4. The Morgan fingerprint density at radius 2 is 2.15 bits per heavy atom. The molecule has 0 saturated heterocycles. The number of carbonyl (C=O) groups is 1. The molecule has 0 radical (unpaired) electrons. The van der Waals surface area contributed by atoms with Gasteiger partial charge >= 0.3 is 7.59 Å². The van der Waals surface area contributed by atoms with Gasteiger partial charge in [-0.3, -0.25) is 10.1 Å². The van der Waals surface area contributed by atoms with Crippen LogP contribution < -0.4 is 4.74 Å². The van der Waals surface area contributed by atoms with E-state index in [0.29, 0.717) is 0 Å². The fraction of sp³-hybridized carbons (Fsp3) is 0. The normalized spacial score (nSPS) is 10.0. The predicted octanol–water partition coefficient (Wildman–Crippen LogP) is 1.65. The summed E-state index contributed by atoms with van der Waals surface area (Å²) in [5.74, 6) is 0.0767. The summed E-state index contributed by atoms with van der Waals surface area (Å²) in [6.07, 6.45) is -1.20. The zero-order chi connectivity index (χ0) is 10.6. The molecule has 1 aromatic carbocycles. The van der Waals surface area contributed by atoms with Crippen molar-refractivity contribution in [3.63, 3.8) is 0 Å². The predicted molar refractivity (Wildman–Crippen MR) is 41.7 cm³/mol. The van der Waals surface area contributed by atoms with Gasteiger partial charge in [-0.25, -0.2) is 4.79 Å². The van der Waals surface area contributed by atoms with Gasteiger partial charge in [-0.2, -0.15) is 0 Å². The number of nitro benzene ring substituents is 1. The lowest BCUT2D eigenvalue weighted by Gasteiger charge is -1.97. The lowest BCUT2D eigenvalue weighted by atomic mass is 10.3. The van der Waals surface area contributed by atoms with Crippen LogP contribution in [0.3, 0.4) is 0 Å². The maximum Gasteiger partial charge on any atom is 0.511 e. The molecule has 0 amide bonds. The number of ether oxygens (including phenoxy) is 1. The van der Waals surface area contributed by atoms with Crippen molar-refractivity contribution in [2.75, 3.05) is 0 Å². The van der Waals surface area contributed by atoms with Crippen molar-refractivity contribution in [2.24, 2.45) is 0 Å². The van der Waals surface area contributed by atoms with Crippen LogP contribution in [0.25, 0.3) is 1.43 Å². The van der Waals surface area contributed by atoms with Gasteiger partial charge in [-0.1, -0.05) is 0 Å². The van der Waals surface area contributed by atoms with Gasteiger partial charge in [0.1, 0.15) is 5.75 Å². The van der Waals surface area contributed by atoms with E-state index in [9.17, 15) is 14.9 Å². The quantitative estimate of drug-likeness (QED) is 0.326. The Morgan fingerprint density at radius 3 is 2.62 bits per heavy atom. The Labute approximate surface area is 74.0 Å². The first kappa shape index (κ1) is 7.53. The minimum Gasteiger partial charge on any atom is -0.449 e. The first-order chi connectivity index (χ1) is 6.63. The lowest BCUT2D eigenvalue weighted by molar-refractivity contribution is -0.384. The largest absolute Gasteiger partial charge is 0.511 e. The molecule has 1 aromatic rings. The molecular weight excluding hydrogens is 178 g/mol. The molecule has 1 N–H and O–H groups in total. The summed E-state index contributed by atoms with van der Waals surface area (Å²) in [7, 11) is 0. The monoisotopic (exact) mass is 184 g/mol. The van der Waals surface area contributed by atoms with Gasteiger partial charge in [0, 0.05) is 12.1 Å². The second-order valence-electron chi connectivity index (χ2n) is 2.10. The van der Waals surface area contributed by atoms with Gasteiger partial charge in [0.2, 0.25) is 0 Å². The highest BCUT2D eigenvalue weighted by molar-refractivity contribution is 5.61. The molecule has 6 nitrogen and oxygen atoms in total. The van der Waals surface area contributed by atoms with Crippen molar-refractivity contribution < 1.29 is 19.6 Å². The highest BCUT2D eigenvalue weighted by Crippen LogP contribution is 2.17. The molecule has 0 fully saturated rings. The first-order valence-corrected chi connectivity index (χ1v) is 3.23. The van der Waals surface area contributed by atoms with Crippen molar-refractivity contribution in [1.29, 1.82) is 1.43 Å². The van der Waals surface area contributed by atoms with E-state index in [0.717, 1.165) is 0 Å². The fourth-order valence-corrected chi connectivity index (χ4v) is 0.732. The lowest BCUT2D eigenvalue weighted by Crippen LogP contribution is -2.02. The van der Waals surface area contributed by atoms with Gasteiger partial charge in [-0.15, -0.1) is 0 Å². The second kappa shape index (κ2) is 3.53. The number of carboxylic acid groups (broad SMARTS) is 1. The van der Waals surface area contributed by atoms with E-state index in [1.165, 1.54) is 24.3 Å². The van der Waals surface area contributed by atoms with Crippen LogP contribution in [0.2, 0.25) is 0 Å². The average molecular weight is 184 g/mol. The van der Waals surface area contributed by atoms with E-state index in [2.05, 4.69) is 9.85 Å².